The lowest BCUT2D eigenvalue weighted by Gasteiger charge is -2.09. The predicted octanol–water partition coefficient (Wildman–Crippen LogP) is 2.94. The predicted molar refractivity (Wildman–Crippen MR) is 85.5 cm³/mol. The molecule has 3 aromatic rings. The average molecular weight is 294 g/mol. The van der Waals surface area contributed by atoms with Gasteiger partial charge in [-0.15, -0.1) is 0 Å². The van der Waals surface area contributed by atoms with E-state index < -0.39 is 0 Å². The Morgan fingerprint density at radius 2 is 2.00 bits per heavy atom. The Balaban J connectivity index is 1.73. The quantitative estimate of drug-likeness (QED) is 0.805. The lowest BCUT2D eigenvalue weighted by atomic mass is 10.2. The molecular weight excluding hydrogens is 276 g/mol. The normalized spacial score (nSPS) is 11.0. The molecule has 1 N–H and O–H groups in total. The van der Waals surface area contributed by atoms with Crippen LogP contribution in [0.25, 0.3) is 11.0 Å². The second kappa shape index (κ2) is 5.97. The topological polar surface area (TPSA) is 59.8 Å². The molecule has 0 bridgehead atoms. The van der Waals surface area contributed by atoms with Crippen LogP contribution in [0.4, 0.5) is 0 Å². The fraction of sp³-hybridized carbons (Fsp3) is 0.235. The van der Waals surface area contributed by atoms with Gasteiger partial charge in [-0.2, -0.15) is 0 Å². The van der Waals surface area contributed by atoms with Crippen LogP contribution in [0.2, 0.25) is 0 Å². The molecule has 0 saturated heterocycles. The Morgan fingerprint density at radius 3 is 2.73 bits per heavy atom. The minimum Gasteiger partial charge on any atom is -0.348 e. The van der Waals surface area contributed by atoms with Crippen LogP contribution in [0.5, 0.6) is 0 Å². The molecule has 0 saturated carbocycles. The third kappa shape index (κ3) is 2.83. The molecule has 0 fully saturated rings. The van der Waals surface area contributed by atoms with Crippen LogP contribution in [0, 0.1) is 0 Å². The molecular formula is C17H18N4O. The molecule has 0 spiro atoms. The number of nitrogens with one attached hydrogen (secondary N) is 1. The lowest BCUT2D eigenvalue weighted by molar-refractivity contribution is 0.0951. The van der Waals surface area contributed by atoms with E-state index in [1.54, 1.807) is 24.5 Å². The van der Waals surface area contributed by atoms with Crippen LogP contribution in [0.1, 0.15) is 35.8 Å². The zero-order valence-corrected chi connectivity index (χ0v) is 12.7. The van der Waals surface area contributed by atoms with E-state index in [0.29, 0.717) is 18.2 Å². The third-order valence-corrected chi connectivity index (χ3v) is 3.59. The van der Waals surface area contributed by atoms with E-state index >= 15 is 0 Å². The van der Waals surface area contributed by atoms with Crippen molar-refractivity contribution in [1.29, 1.82) is 0 Å². The highest BCUT2D eigenvalue weighted by molar-refractivity contribution is 5.94. The summed E-state index contributed by atoms with van der Waals surface area (Å²) in [6.45, 7) is 4.74. The number of nitrogens with zero attached hydrogens (tertiary/aromatic N) is 3. The minimum absolute atomic E-state index is 0.102. The maximum absolute atomic E-state index is 12.0. The first-order valence-corrected chi connectivity index (χ1v) is 7.29. The maximum atomic E-state index is 12.0. The van der Waals surface area contributed by atoms with Crippen LogP contribution in [-0.2, 0) is 6.54 Å². The van der Waals surface area contributed by atoms with Gasteiger partial charge in [0.15, 0.2) is 0 Å². The molecule has 22 heavy (non-hydrogen) atoms. The van der Waals surface area contributed by atoms with Crippen molar-refractivity contribution in [2.75, 3.05) is 0 Å². The number of imidazole rings is 1. The van der Waals surface area contributed by atoms with Crippen molar-refractivity contribution in [2.24, 2.45) is 0 Å². The summed E-state index contributed by atoms with van der Waals surface area (Å²) in [5.74, 6) is -0.102. The number of benzene rings is 1. The molecule has 2 aromatic heterocycles. The van der Waals surface area contributed by atoms with Gasteiger partial charge in [-0.1, -0.05) is 6.07 Å². The van der Waals surface area contributed by atoms with Gasteiger partial charge in [-0.25, -0.2) is 4.98 Å². The minimum atomic E-state index is -0.102. The number of fused-ring (bicyclic) bond motifs is 1. The van der Waals surface area contributed by atoms with Gasteiger partial charge in [-0.3, -0.25) is 9.78 Å². The first kappa shape index (κ1) is 14.3. The van der Waals surface area contributed by atoms with E-state index in [2.05, 4.69) is 39.8 Å². The van der Waals surface area contributed by atoms with Crippen molar-refractivity contribution < 1.29 is 4.79 Å². The summed E-state index contributed by atoms with van der Waals surface area (Å²) < 4.78 is 2.13. The summed E-state index contributed by atoms with van der Waals surface area (Å²) in [7, 11) is 0. The molecule has 0 radical (unpaired) electrons. The van der Waals surface area contributed by atoms with Gasteiger partial charge >= 0.3 is 0 Å². The zero-order valence-electron chi connectivity index (χ0n) is 12.7. The standard InChI is InChI=1S/C17H18N4O/c1-12(2)21-11-20-15-9-13(3-4-16(15)21)10-19-17(22)14-5-7-18-8-6-14/h3-9,11-12H,10H2,1-2H3,(H,19,22). The highest BCUT2D eigenvalue weighted by Gasteiger charge is 2.08. The second-order valence-corrected chi connectivity index (χ2v) is 5.49. The van der Waals surface area contributed by atoms with Gasteiger partial charge in [-0.05, 0) is 43.7 Å². The van der Waals surface area contributed by atoms with E-state index in [-0.39, 0.29) is 5.91 Å². The maximum Gasteiger partial charge on any atom is 0.251 e. The van der Waals surface area contributed by atoms with Crippen molar-refractivity contribution >= 4 is 16.9 Å². The number of hydrogen-bond donors (Lipinski definition) is 1. The Morgan fingerprint density at radius 1 is 1.23 bits per heavy atom. The lowest BCUT2D eigenvalue weighted by Crippen LogP contribution is -2.22. The summed E-state index contributed by atoms with van der Waals surface area (Å²) in [6, 6.07) is 9.86. The molecule has 112 valence electrons. The Kier molecular flexibility index (Phi) is 3.87. The van der Waals surface area contributed by atoms with Crippen molar-refractivity contribution in [2.45, 2.75) is 26.4 Å². The van der Waals surface area contributed by atoms with E-state index in [0.717, 1.165) is 16.6 Å². The van der Waals surface area contributed by atoms with Gasteiger partial charge in [0.25, 0.3) is 5.91 Å². The number of rotatable bonds is 4. The first-order valence-electron chi connectivity index (χ1n) is 7.29. The molecule has 0 aliphatic rings. The molecule has 0 aliphatic carbocycles. The molecule has 1 aromatic carbocycles. The molecule has 5 heteroatoms. The fourth-order valence-corrected chi connectivity index (χ4v) is 2.39. The van der Waals surface area contributed by atoms with E-state index in [1.807, 2.05) is 18.5 Å². The number of aromatic nitrogens is 3. The molecule has 5 nitrogen and oxygen atoms in total. The monoisotopic (exact) mass is 294 g/mol. The SMILES string of the molecule is CC(C)n1cnc2cc(CNC(=O)c3ccncc3)ccc21. The van der Waals surface area contributed by atoms with Crippen molar-refractivity contribution in [3.05, 3.63) is 60.2 Å². The number of amides is 1. The Hall–Kier alpha value is -2.69. The number of hydrogen-bond acceptors (Lipinski definition) is 3. The van der Waals surface area contributed by atoms with Crippen LogP contribution < -0.4 is 5.32 Å². The summed E-state index contributed by atoms with van der Waals surface area (Å²) in [5.41, 5.74) is 3.70. The summed E-state index contributed by atoms with van der Waals surface area (Å²) in [5, 5.41) is 2.91. The Labute approximate surface area is 129 Å². The van der Waals surface area contributed by atoms with Crippen molar-refractivity contribution in [3.8, 4) is 0 Å². The fourth-order valence-electron chi connectivity index (χ4n) is 2.39. The zero-order chi connectivity index (χ0) is 15.5. The summed E-state index contributed by atoms with van der Waals surface area (Å²) >= 11 is 0. The summed E-state index contributed by atoms with van der Waals surface area (Å²) in [4.78, 5) is 20.4. The van der Waals surface area contributed by atoms with Crippen molar-refractivity contribution in [3.63, 3.8) is 0 Å². The smallest absolute Gasteiger partial charge is 0.251 e. The Bertz CT molecular complexity index is 793. The highest BCUT2D eigenvalue weighted by Crippen LogP contribution is 2.18. The molecule has 2 heterocycles. The largest absolute Gasteiger partial charge is 0.348 e. The molecule has 0 atom stereocenters. The van der Waals surface area contributed by atoms with E-state index in [1.165, 1.54) is 0 Å². The third-order valence-electron chi connectivity index (χ3n) is 3.59. The van der Waals surface area contributed by atoms with E-state index in [4.69, 9.17) is 0 Å². The first-order chi connectivity index (χ1) is 10.6. The van der Waals surface area contributed by atoms with Gasteiger partial charge < -0.3 is 9.88 Å². The van der Waals surface area contributed by atoms with E-state index in [9.17, 15) is 4.79 Å². The number of carbonyl (C=O) groups excluding carboxylic acids is 1. The summed E-state index contributed by atoms with van der Waals surface area (Å²) in [6.07, 6.45) is 5.08. The average Bonchev–Trinajstić information content (AvgIpc) is 2.96. The van der Waals surface area contributed by atoms with Crippen LogP contribution in [-0.4, -0.2) is 20.4 Å². The second-order valence-electron chi connectivity index (χ2n) is 5.49. The van der Waals surface area contributed by atoms with Crippen LogP contribution >= 0.6 is 0 Å². The van der Waals surface area contributed by atoms with Gasteiger partial charge in [0, 0.05) is 30.5 Å². The van der Waals surface area contributed by atoms with Crippen LogP contribution in [0.3, 0.4) is 0 Å². The van der Waals surface area contributed by atoms with Gasteiger partial charge in [0.1, 0.15) is 0 Å². The molecule has 1 amide bonds. The van der Waals surface area contributed by atoms with Crippen LogP contribution in [0.15, 0.2) is 49.1 Å². The molecule has 0 unspecified atom stereocenters. The molecule has 0 aliphatic heterocycles. The van der Waals surface area contributed by atoms with Gasteiger partial charge in [0.05, 0.1) is 17.4 Å². The molecule has 3 rings (SSSR count). The number of pyridine rings is 1. The number of carbonyl (C=O) groups is 1. The van der Waals surface area contributed by atoms with Gasteiger partial charge in [0.2, 0.25) is 0 Å². The highest BCUT2D eigenvalue weighted by atomic mass is 16.1. The van der Waals surface area contributed by atoms with Crippen molar-refractivity contribution in [1.82, 2.24) is 19.9 Å².